The van der Waals surface area contributed by atoms with Crippen molar-refractivity contribution in [3.8, 4) is 0 Å². The van der Waals surface area contributed by atoms with Crippen LogP contribution in [0.1, 0.15) is 40.7 Å². The molecule has 1 aromatic carbocycles. The number of aromatic nitrogens is 2. The highest BCUT2D eigenvalue weighted by Gasteiger charge is 2.29. The molecule has 0 saturated carbocycles. The minimum absolute atomic E-state index is 0.0188. The first-order chi connectivity index (χ1) is 10.5. The van der Waals surface area contributed by atoms with Crippen LogP contribution in [0.2, 0.25) is 0 Å². The van der Waals surface area contributed by atoms with E-state index in [1.54, 1.807) is 17.8 Å². The van der Waals surface area contributed by atoms with Gasteiger partial charge in [0.1, 0.15) is 5.82 Å². The normalized spacial score (nSPS) is 16.9. The van der Waals surface area contributed by atoms with E-state index in [0.29, 0.717) is 23.6 Å². The number of amides is 2. The van der Waals surface area contributed by atoms with E-state index in [-0.39, 0.29) is 17.7 Å². The summed E-state index contributed by atoms with van der Waals surface area (Å²) in [6.45, 7) is 3.90. The zero-order chi connectivity index (χ0) is 15.9. The molecule has 0 saturated heterocycles. The summed E-state index contributed by atoms with van der Waals surface area (Å²) in [5, 5.41) is 10.0. The second-order valence-electron chi connectivity index (χ2n) is 5.71. The fourth-order valence-electron chi connectivity index (χ4n) is 2.78. The summed E-state index contributed by atoms with van der Waals surface area (Å²) >= 11 is 0. The van der Waals surface area contributed by atoms with Crippen LogP contribution in [0.3, 0.4) is 0 Å². The minimum Gasteiger partial charge on any atom is -0.311 e. The summed E-state index contributed by atoms with van der Waals surface area (Å²) < 4.78 is 1.59. The van der Waals surface area contributed by atoms with Gasteiger partial charge in [-0.1, -0.05) is 24.6 Å². The van der Waals surface area contributed by atoms with Crippen molar-refractivity contribution in [1.82, 2.24) is 9.78 Å². The zero-order valence-corrected chi connectivity index (χ0v) is 12.8. The number of anilines is 2. The van der Waals surface area contributed by atoms with Gasteiger partial charge in [-0.3, -0.25) is 14.3 Å². The molecule has 1 aromatic heterocycles. The topological polar surface area (TPSA) is 76.0 Å². The second kappa shape index (κ2) is 5.29. The van der Waals surface area contributed by atoms with Crippen molar-refractivity contribution >= 4 is 23.5 Å². The molecule has 1 atom stereocenters. The van der Waals surface area contributed by atoms with Gasteiger partial charge in [0.2, 0.25) is 5.91 Å². The van der Waals surface area contributed by atoms with E-state index in [4.69, 9.17) is 0 Å². The maximum atomic E-state index is 12.4. The van der Waals surface area contributed by atoms with Gasteiger partial charge in [-0.05, 0) is 25.0 Å². The molecule has 6 heteroatoms. The molecule has 114 valence electrons. The molecular weight excluding hydrogens is 280 g/mol. The van der Waals surface area contributed by atoms with Crippen molar-refractivity contribution < 1.29 is 9.59 Å². The Kier molecular flexibility index (Phi) is 3.44. The first kappa shape index (κ1) is 14.3. The first-order valence-electron chi connectivity index (χ1n) is 7.20. The molecule has 2 aromatic rings. The van der Waals surface area contributed by atoms with Crippen LogP contribution in [-0.2, 0) is 11.8 Å². The smallest absolute Gasteiger partial charge is 0.256 e. The average molecular weight is 298 g/mol. The SMILES string of the molecule is Cc1cccc(C(=O)Nc2nn(C)c3c2[C@H](C)CC(=O)N3)c1. The van der Waals surface area contributed by atoms with Crippen molar-refractivity contribution in [1.29, 1.82) is 0 Å². The number of carbonyl (C=O) groups is 2. The van der Waals surface area contributed by atoms with E-state index in [2.05, 4.69) is 15.7 Å². The molecule has 0 radical (unpaired) electrons. The molecule has 0 aliphatic carbocycles. The minimum atomic E-state index is -0.200. The summed E-state index contributed by atoms with van der Waals surface area (Å²) in [6, 6.07) is 7.39. The number of aryl methyl sites for hydroxylation is 2. The van der Waals surface area contributed by atoms with Gasteiger partial charge in [-0.15, -0.1) is 0 Å². The van der Waals surface area contributed by atoms with Gasteiger partial charge in [0.15, 0.2) is 5.82 Å². The lowest BCUT2D eigenvalue weighted by atomic mass is 9.95. The molecule has 22 heavy (non-hydrogen) atoms. The van der Waals surface area contributed by atoms with E-state index in [1.165, 1.54) is 0 Å². The molecule has 1 aliphatic rings. The van der Waals surface area contributed by atoms with E-state index in [0.717, 1.165) is 11.1 Å². The monoisotopic (exact) mass is 298 g/mol. The van der Waals surface area contributed by atoms with Crippen LogP contribution in [0.4, 0.5) is 11.6 Å². The number of fused-ring (bicyclic) bond motifs is 1. The maximum Gasteiger partial charge on any atom is 0.256 e. The molecule has 0 bridgehead atoms. The van der Waals surface area contributed by atoms with Gasteiger partial charge < -0.3 is 10.6 Å². The Balaban J connectivity index is 1.92. The quantitative estimate of drug-likeness (QED) is 0.894. The van der Waals surface area contributed by atoms with Crippen LogP contribution in [0.25, 0.3) is 0 Å². The molecule has 2 N–H and O–H groups in total. The Hall–Kier alpha value is -2.63. The van der Waals surface area contributed by atoms with Crippen molar-refractivity contribution in [3.63, 3.8) is 0 Å². The number of hydrogen-bond acceptors (Lipinski definition) is 3. The van der Waals surface area contributed by atoms with Gasteiger partial charge >= 0.3 is 0 Å². The molecule has 2 amide bonds. The van der Waals surface area contributed by atoms with E-state index < -0.39 is 0 Å². The Morgan fingerprint density at radius 3 is 2.95 bits per heavy atom. The summed E-state index contributed by atoms with van der Waals surface area (Å²) in [6.07, 6.45) is 0.395. The average Bonchev–Trinajstić information content (AvgIpc) is 2.75. The standard InChI is InChI=1S/C16H18N4O2/c1-9-5-4-6-11(7-9)16(22)18-14-13-10(2)8-12(21)17-15(13)20(3)19-14/h4-7,10H,8H2,1-3H3,(H,17,21)(H,18,19,22)/t10-/m1/s1. The number of rotatable bonds is 2. The van der Waals surface area contributed by atoms with Crippen molar-refractivity contribution in [2.45, 2.75) is 26.2 Å². The van der Waals surface area contributed by atoms with Crippen LogP contribution < -0.4 is 10.6 Å². The third kappa shape index (κ3) is 2.47. The van der Waals surface area contributed by atoms with Crippen LogP contribution in [0.5, 0.6) is 0 Å². The Labute approximate surface area is 128 Å². The van der Waals surface area contributed by atoms with Gasteiger partial charge in [0, 0.05) is 24.6 Å². The van der Waals surface area contributed by atoms with Crippen molar-refractivity contribution in [3.05, 3.63) is 41.0 Å². The fraction of sp³-hybridized carbons (Fsp3) is 0.312. The lowest BCUT2D eigenvalue weighted by molar-refractivity contribution is -0.116. The number of benzene rings is 1. The lowest BCUT2D eigenvalue weighted by Crippen LogP contribution is -2.23. The highest BCUT2D eigenvalue weighted by Crippen LogP contribution is 2.37. The molecule has 0 spiro atoms. The molecule has 0 fully saturated rings. The largest absolute Gasteiger partial charge is 0.311 e. The van der Waals surface area contributed by atoms with Crippen LogP contribution in [0, 0.1) is 6.92 Å². The van der Waals surface area contributed by atoms with Crippen molar-refractivity contribution in [2.24, 2.45) is 7.05 Å². The lowest BCUT2D eigenvalue weighted by Gasteiger charge is -2.20. The van der Waals surface area contributed by atoms with Crippen LogP contribution >= 0.6 is 0 Å². The van der Waals surface area contributed by atoms with Crippen LogP contribution in [0.15, 0.2) is 24.3 Å². The second-order valence-corrected chi connectivity index (χ2v) is 5.71. The fourth-order valence-corrected chi connectivity index (χ4v) is 2.78. The summed E-state index contributed by atoms with van der Waals surface area (Å²) in [5.74, 6) is 0.957. The molecule has 1 aliphatic heterocycles. The van der Waals surface area contributed by atoms with Gasteiger partial charge in [-0.25, -0.2) is 0 Å². The Bertz CT molecular complexity index is 764. The Morgan fingerprint density at radius 2 is 2.23 bits per heavy atom. The van der Waals surface area contributed by atoms with Gasteiger partial charge in [0.05, 0.1) is 0 Å². The third-order valence-corrected chi connectivity index (χ3v) is 3.84. The first-order valence-corrected chi connectivity index (χ1v) is 7.20. The molecule has 6 nitrogen and oxygen atoms in total. The van der Waals surface area contributed by atoms with E-state index >= 15 is 0 Å². The molecule has 3 rings (SSSR count). The highest BCUT2D eigenvalue weighted by atomic mass is 16.2. The predicted octanol–water partition coefficient (Wildman–Crippen LogP) is 2.43. The van der Waals surface area contributed by atoms with E-state index in [9.17, 15) is 9.59 Å². The summed E-state index contributed by atoms with van der Waals surface area (Å²) in [5.41, 5.74) is 2.49. The molecule has 0 unspecified atom stereocenters. The van der Waals surface area contributed by atoms with E-state index in [1.807, 2.05) is 32.0 Å². The number of hydrogen-bond donors (Lipinski definition) is 2. The van der Waals surface area contributed by atoms with Crippen molar-refractivity contribution in [2.75, 3.05) is 10.6 Å². The highest BCUT2D eigenvalue weighted by molar-refractivity contribution is 6.05. The maximum absolute atomic E-state index is 12.4. The number of carbonyl (C=O) groups excluding carboxylic acids is 2. The predicted molar refractivity (Wildman–Crippen MR) is 84.0 cm³/mol. The number of nitrogens with zero attached hydrogens (tertiary/aromatic N) is 2. The molecule has 2 heterocycles. The van der Waals surface area contributed by atoms with Gasteiger partial charge in [-0.2, -0.15) is 5.10 Å². The van der Waals surface area contributed by atoms with Gasteiger partial charge in [0.25, 0.3) is 5.91 Å². The third-order valence-electron chi connectivity index (χ3n) is 3.84. The summed E-state index contributed by atoms with van der Waals surface area (Å²) in [4.78, 5) is 24.0. The summed E-state index contributed by atoms with van der Waals surface area (Å²) in [7, 11) is 1.75. The number of nitrogens with one attached hydrogen (secondary N) is 2. The Morgan fingerprint density at radius 1 is 1.45 bits per heavy atom. The molecular formula is C16H18N4O2. The zero-order valence-electron chi connectivity index (χ0n) is 12.8. The van der Waals surface area contributed by atoms with Crippen LogP contribution in [-0.4, -0.2) is 21.6 Å².